The minimum absolute atomic E-state index is 0.00296. The Morgan fingerprint density at radius 3 is 2.48 bits per heavy atom. The molecule has 3 aromatic rings. The van der Waals surface area contributed by atoms with Gasteiger partial charge in [0.1, 0.15) is 35.8 Å². The Kier molecular flexibility index (Phi) is 14.2. The number of aliphatic hydroxyl groups is 1. The minimum atomic E-state index is -1.24. The Morgan fingerprint density at radius 2 is 1.75 bits per heavy atom. The van der Waals surface area contributed by atoms with Crippen LogP contribution in [0.5, 0.6) is 0 Å². The van der Waals surface area contributed by atoms with Crippen LogP contribution in [0.25, 0.3) is 11.3 Å². The number of ether oxygens (including phenoxy) is 2. The highest BCUT2D eigenvalue weighted by Crippen LogP contribution is 2.39. The maximum Gasteiger partial charge on any atom is 0.407 e. The molecule has 4 aliphatic rings. The summed E-state index contributed by atoms with van der Waals surface area (Å²) in [6, 6.07) is 11.4. The van der Waals surface area contributed by atoms with Crippen molar-refractivity contribution in [1.29, 1.82) is 0 Å². The number of amides is 5. The third-order valence-corrected chi connectivity index (χ3v) is 11.7. The molecular weight excluding hydrogens is 784 g/mol. The van der Waals surface area contributed by atoms with Crippen molar-refractivity contribution >= 4 is 23.9 Å². The average Bonchev–Trinajstić information content (AvgIpc) is 4.03. The zero-order valence-corrected chi connectivity index (χ0v) is 33.4. The molecule has 60 heavy (non-hydrogen) atoms. The van der Waals surface area contributed by atoms with E-state index in [1.165, 1.54) is 22.0 Å². The number of benzene rings is 2. The maximum absolute atomic E-state index is 15.5. The van der Waals surface area contributed by atoms with E-state index in [-0.39, 0.29) is 55.2 Å². The molecule has 7 rings (SSSR count). The minimum Gasteiger partial charge on any atom is -0.442 e. The highest BCUT2D eigenvalue weighted by atomic mass is 19.1. The van der Waals surface area contributed by atoms with Gasteiger partial charge in [0.05, 0.1) is 24.8 Å². The molecular formula is C43H52F3N7O7. The monoisotopic (exact) mass is 835 g/mol. The topological polar surface area (TPSA) is 159 Å². The zero-order valence-electron chi connectivity index (χ0n) is 33.4. The summed E-state index contributed by atoms with van der Waals surface area (Å²) in [6.07, 6.45) is 3.77. The van der Waals surface area contributed by atoms with Crippen molar-refractivity contribution in [2.45, 2.75) is 69.5 Å². The van der Waals surface area contributed by atoms with E-state index in [4.69, 9.17) is 14.5 Å². The molecule has 0 saturated carbocycles. The lowest BCUT2D eigenvalue weighted by atomic mass is 9.89. The van der Waals surface area contributed by atoms with Crippen LogP contribution < -0.4 is 10.6 Å². The number of β-amino-alcohol motifs (C(OH)–C–C–N with tert-alkyl or cyclic N) is 1. The van der Waals surface area contributed by atoms with Crippen LogP contribution in [-0.2, 0) is 25.6 Å². The zero-order chi connectivity index (χ0) is 42.2. The summed E-state index contributed by atoms with van der Waals surface area (Å²) < 4.78 is 58.5. The second-order valence-electron chi connectivity index (χ2n) is 15.9. The number of imide groups is 1. The number of imidazole rings is 1. The van der Waals surface area contributed by atoms with E-state index in [2.05, 4.69) is 10.6 Å². The molecule has 4 aliphatic heterocycles. The fourth-order valence-electron chi connectivity index (χ4n) is 8.46. The molecule has 5 heterocycles. The summed E-state index contributed by atoms with van der Waals surface area (Å²) in [5, 5.41) is 16.9. The predicted octanol–water partition coefficient (Wildman–Crippen LogP) is 4.58. The first-order valence-electron chi connectivity index (χ1n) is 20.8. The normalized spacial score (nSPS) is 22.5. The Morgan fingerprint density at radius 1 is 1.00 bits per heavy atom. The first kappa shape index (κ1) is 42.8. The first-order chi connectivity index (χ1) is 29.0. The van der Waals surface area contributed by atoms with Gasteiger partial charge < -0.3 is 39.6 Å². The van der Waals surface area contributed by atoms with Gasteiger partial charge in [0.25, 0.3) is 11.8 Å². The number of hydrogen-bond donors (Lipinski definition) is 3. The molecule has 17 heteroatoms. The number of rotatable bonds is 16. The van der Waals surface area contributed by atoms with Gasteiger partial charge in [-0.25, -0.2) is 27.7 Å². The van der Waals surface area contributed by atoms with E-state index >= 15 is 8.78 Å². The molecule has 0 radical (unpaired) electrons. The van der Waals surface area contributed by atoms with Crippen LogP contribution in [0, 0.1) is 23.5 Å². The fourth-order valence-corrected chi connectivity index (χ4v) is 8.46. The maximum atomic E-state index is 15.5. The molecule has 3 saturated heterocycles. The number of aliphatic hydroxyl groups excluding tert-OH is 1. The molecule has 1 aromatic heterocycles. The summed E-state index contributed by atoms with van der Waals surface area (Å²) in [7, 11) is 0. The summed E-state index contributed by atoms with van der Waals surface area (Å²) in [4.78, 5) is 60.4. The molecule has 2 aromatic carbocycles. The largest absolute Gasteiger partial charge is 0.442 e. The van der Waals surface area contributed by atoms with Crippen molar-refractivity contribution in [3.8, 4) is 11.3 Å². The van der Waals surface area contributed by atoms with Gasteiger partial charge in [-0.15, -0.1) is 0 Å². The smallest absolute Gasteiger partial charge is 0.407 e. The molecule has 0 unspecified atom stereocenters. The number of nitrogens with zero attached hydrogens (tertiary/aromatic N) is 5. The molecule has 5 amide bonds. The SMILES string of the molecule is O=C(NCCCCCCN1C(=O)C=CC1=O)O[C@@H]1CN(C(=O)N(C[C@@H]2CNC[C@@H]2F)[C@@H](c2nc(-c3cc(F)ccc3F)cn2Cc2ccccc2)C2CCOCC2)C[C@@H]1O. The summed E-state index contributed by atoms with van der Waals surface area (Å²) in [5.74, 6) is -2.29. The average molecular weight is 836 g/mol. The van der Waals surface area contributed by atoms with Gasteiger partial charge in [-0.3, -0.25) is 14.5 Å². The summed E-state index contributed by atoms with van der Waals surface area (Å²) >= 11 is 0. The number of aromatic nitrogens is 2. The predicted molar refractivity (Wildman–Crippen MR) is 213 cm³/mol. The molecule has 3 N–H and O–H groups in total. The molecule has 5 atom stereocenters. The Hall–Kier alpha value is -5.26. The van der Waals surface area contributed by atoms with Crippen molar-refractivity contribution in [3.63, 3.8) is 0 Å². The lowest BCUT2D eigenvalue weighted by Gasteiger charge is -2.41. The number of urea groups is 1. The number of alkyl carbamates (subject to hydrolysis) is 1. The van der Waals surface area contributed by atoms with E-state index in [0.29, 0.717) is 70.9 Å². The Balaban J connectivity index is 1.09. The third-order valence-electron chi connectivity index (χ3n) is 11.7. The van der Waals surface area contributed by atoms with Crippen LogP contribution in [0.2, 0.25) is 0 Å². The van der Waals surface area contributed by atoms with E-state index < -0.39 is 54.1 Å². The molecule has 322 valence electrons. The second kappa shape index (κ2) is 19.9. The van der Waals surface area contributed by atoms with Gasteiger partial charge in [0, 0.05) is 82.3 Å². The van der Waals surface area contributed by atoms with Crippen LogP contribution in [0.3, 0.4) is 0 Å². The number of likely N-dealkylation sites (tertiary alicyclic amines) is 1. The molecule has 0 bridgehead atoms. The van der Waals surface area contributed by atoms with Gasteiger partial charge >= 0.3 is 12.1 Å². The number of hydrogen-bond acceptors (Lipinski definition) is 9. The number of carbonyl (C=O) groups is 4. The standard InChI is InChI=1S/C43H52F3N7O7/c44-31-10-11-33(45)32(20-31)35-25-50(23-28-8-4-3-5-9-28)41(49-35)40(29-14-18-59-19-15-29)53(24-30-21-47-22-34(30)46)43(58)51-26-36(54)37(27-51)60-42(57)48-16-6-1-2-7-17-52-38(55)12-13-39(52)56/h3-5,8-13,20,25,29-30,34,36-37,40,47,54H,1-2,6-7,14-19,21-24,26-27H2,(H,48,57)/t30-,34-,36-,37+,40+/m0/s1. The van der Waals surface area contributed by atoms with Gasteiger partial charge in [-0.2, -0.15) is 0 Å². The molecule has 14 nitrogen and oxygen atoms in total. The molecule has 0 spiro atoms. The molecule has 3 fully saturated rings. The van der Waals surface area contributed by atoms with Crippen molar-refractivity contribution < 1.29 is 46.9 Å². The van der Waals surface area contributed by atoms with E-state index in [1.54, 1.807) is 11.1 Å². The van der Waals surface area contributed by atoms with E-state index in [1.807, 2.05) is 34.9 Å². The number of unbranched alkanes of at least 4 members (excludes halogenated alkanes) is 3. The Bertz CT molecular complexity index is 1990. The van der Waals surface area contributed by atoms with Crippen LogP contribution >= 0.6 is 0 Å². The summed E-state index contributed by atoms with van der Waals surface area (Å²) in [5.41, 5.74) is 1.04. The number of halogens is 3. The summed E-state index contributed by atoms with van der Waals surface area (Å²) in [6.45, 7) is 1.94. The van der Waals surface area contributed by atoms with E-state index in [0.717, 1.165) is 36.6 Å². The number of carbonyl (C=O) groups excluding carboxylic acids is 4. The van der Waals surface area contributed by atoms with Crippen molar-refractivity contribution in [1.82, 2.24) is 34.9 Å². The first-order valence-corrected chi connectivity index (χ1v) is 20.8. The number of alkyl halides is 1. The highest BCUT2D eigenvalue weighted by molar-refractivity contribution is 6.12. The van der Waals surface area contributed by atoms with Crippen LogP contribution in [0.4, 0.5) is 22.8 Å². The van der Waals surface area contributed by atoms with Crippen LogP contribution in [0.1, 0.15) is 56.0 Å². The van der Waals surface area contributed by atoms with Crippen molar-refractivity contribution in [3.05, 3.63) is 89.9 Å². The molecule has 0 aliphatic carbocycles. The van der Waals surface area contributed by atoms with Gasteiger partial charge in [-0.05, 0) is 55.4 Å². The lowest BCUT2D eigenvalue weighted by molar-refractivity contribution is -0.136. The number of nitrogens with one attached hydrogen (secondary N) is 2. The third kappa shape index (κ3) is 10.4. The van der Waals surface area contributed by atoms with Crippen LogP contribution in [-0.4, -0.2) is 131 Å². The van der Waals surface area contributed by atoms with Crippen LogP contribution in [0.15, 0.2) is 66.9 Å². The van der Waals surface area contributed by atoms with Gasteiger partial charge in [0.2, 0.25) is 0 Å². The second-order valence-corrected chi connectivity index (χ2v) is 15.9. The van der Waals surface area contributed by atoms with Crippen molar-refractivity contribution in [2.24, 2.45) is 11.8 Å². The lowest BCUT2D eigenvalue weighted by Crippen LogP contribution is -2.50. The van der Waals surface area contributed by atoms with Gasteiger partial charge in [-0.1, -0.05) is 43.2 Å². The van der Waals surface area contributed by atoms with Gasteiger partial charge in [0.15, 0.2) is 0 Å². The van der Waals surface area contributed by atoms with E-state index in [9.17, 15) is 28.7 Å². The fraction of sp³-hybridized carbons (Fsp3) is 0.512. The quantitative estimate of drug-likeness (QED) is 0.139. The highest BCUT2D eigenvalue weighted by Gasteiger charge is 2.45. The van der Waals surface area contributed by atoms with Crippen molar-refractivity contribution in [2.75, 3.05) is 59.0 Å². The Labute approximate surface area is 346 Å².